The van der Waals surface area contributed by atoms with Crippen molar-refractivity contribution in [2.45, 2.75) is 13.5 Å². The van der Waals surface area contributed by atoms with E-state index in [2.05, 4.69) is 10.2 Å². The molecule has 0 amide bonds. The van der Waals surface area contributed by atoms with Gasteiger partial charge in [-0.15, -0.1) is 10.2 Å². The predicted octanol–water partition coefficient (Wildman–Crippen LogP) is 1.68. The normalized spacial score (nSPS) is 11.4. The third kappa shape index (κ3) is 1.13. The van der Waals surface area contributed by atoms with Crippen molar-refractivity contribution in [2.75, 3.05) is 0 Å². The van der Waals surface area contributed by atoms with Gasteiger partial charge in [0.25, 0.3) is 0 Å². The lowest BCUT2D eigenvalue weighted by Gasteiger charge is -2.08. The Bertz CT molecular complexity index is 672. The van der Waals surface area contributed by atoms with Crippen LogP contribution in [0.1, 0.15) is 11.1 Å². The molecule has 3 rings (SSSR count). The number of aromatic nitrogens is 3. The van der Waals surface area contributed by atoms with Gasteiger partial charge in [0.15, 0.2) is 5.65 Å². The lowest BCUT2D eigenvalue weighted by molar-refractivity contribution is 0.283. The second-order valence-electron chi connectivity index (χ2n) is 3.86. The van der Waals surface area contributed by atoms with Crippen LogP contribution in [0.4, 0.5) is 0 Å². The highest BCUT2D eigenvalue weighted by Crippen LogP contribution is 2.23. The Kier molecular flexibility index (Phi) is 1.91. The van der Waals surface area contributed by atoms with Gasteiger partial charge < -0.3 is 5.11 Å². The number of hydrogen-bond acceptors (Lipinski definition) is 3. The van der Waals surface area contributed by atoms with Gasteiger partial charge in [0.1, 0.15) is 6.33 Å². The summed E-state index contributed by atoms with van der Waals surface area (Å²) in [5.74, 6) is 0. The van der Waals surface area contributed by atoms with Gasteiger partial charge in [-0.3, -0.25) is 4.40 Å². The van der Waals surface area contributed by atoms with Gasteiger partial charge in [-0.2, -0.15) is 0 Å². The number of aliphatic hydroxyl groups excluding tert-OH is 1. The fraction of sp³-hybridized carbons (Fsp3) is 0.167. The van der Waals surface area contributed by atoms with E-state index in [1.807, 2.05) is 35.6 Å². The lowest BCUT2D eigenvalue weighted by atomic mass is 10.1. The van der Waals surface area contributed by atoms with Gasteiger partial charge >= 0.3 is 0 Å². The summed E-state index contributed by atoms with van der Waals surface area (Å²) in [4.78, 5) is 0. The SMILES string of the molecule is Cc1cc2nncn2c2c(CO)cccc12. The number of nitrogens with zero attached hydrogens (tertiary/aromatic N) is 3. The van der Waals surface area contributed by atoms with Crippen LogP contribution in [0, 0.1) is 6.92 Å². The zero-order valence-electron chi connectivity index (χ0n) is 8.88. The van der Waals surface area contributed by atoms with Crippen molar-refractivity contribution < 1.29 is 5.11 Å². The zero-order chi connectivity index (χ0) is 11.1. The maximum absolute atomic E-state index is 9.37. The van der Waals surface area contributed by atoms with Crippen molar-refractivity contribution in [3.63, 3.8) is 0 Å². The molecule has 0 saturated heterocycles. The van der Waals surface area contributed by atoms with Crippen LogP contribution in [0.2, 0.25) is 0 Å². The molecule has 4 nitrogen and oxygen atoms in total. The molecule has 4 heteroatoms. The number of para-hydroxylation sites is 1. The smallest absolute Gasteiger partial charge is 0.161 e. The van der Waals surface area contributed by atoms with Crippen molar-refractivity contribution in [1.29, 1.82) is 0 Å². The molecule has 2 aromatic heterocycles. The summed E-state index contributed by atoms with van der Waals surface area (Å²) in [5.41, 5.74) is 3.84. The molecule has 0 saturated carbocycles. The van der Waals surface area contributed by atoms with Crippen LogP contribution in [-0.4, -0.2) is 19.7 Å². The standard InChI is InChI=1S/C12H11N3O/c1-8-5-11-14-13-7-15(11)12-9(6-16)3-2-4-10(8)12/h2-5,7,16H,6H2,1H3. The van der Waals surface area contributed by atoms with Crippen LogP contribution in [-0.2, 0) is 6.61 Å². The van der Waals surface area contributed by atoms with E-state index in [4.69, 9.17) is 0 Å². The molecule has 0 bridgehead atoms. The highest BCUT2D eigenvalue weighted by atomic mass is 16.3. The molecule has 2 heterocycles. The third-order valence-electron chi connectivity index (χ3n) is 2.88. The number of aryl methyl sites for hydroxylation is 1. The maximum atomic E-state index is 9.37. The van der Waals surface area contributed by atoms with Crippen LogP contribution in [0.5, 0.6) is 0 Å². The van der Waals surface area contributed by atoms with E-state index < -0.39 is 0 Å². The molecule has 80 valence electrons. The molecule has 0 spiro atoms. The fourth-order valence-electron chi connectivity index (χ4n) is 2.11. The third-order valence-corrected chi connectivity index (χ3v) is 2.88. The average molecular weight is 213 g/mol. The van der Waals surface area contributed by atoms with E-state index in [1.165, 1.54) is 0 Å². The van der Waals surface area contributed by atoms with E-state index in [-0.39, 0.29) is 6.61 Å². The summed E-state index contributed by atoms with van der Waals surface area (Å²) in [7, 11) is 0. The number of pyridine rings is 1. The van der Waals surface area contributed by atoms with Crippen LogP contribution in [0.25, 0.3) is 16.6 Å². The minimum absolute atomic E-state index is 0.0219. The van der Waals surface area contributed by atoms with Gasteiger partial charge in [-0.05, 0) is 18.6 Å². The molecule has 1 N–H and O–H groups in total. The molecular weight excluding hydrogens is 202 g/mol. The first-order valence-electron chi connectivity index (χ1n) is 5.13. The number of rotatable bonds is 1. The average Bonchev–Trinajstić information content (AvgIpc) is 2.76. The van der Waals surface area contributed by atoms with E-state index in [1.54, 1.807) is 6.33 Å². The van der Waals surface area contributed by atoms with Crippen molar-refractivity contribution in [3.05, 3.63) is 41.7 Å². The Morgan fingerprint density at radius 2 is 2.25 bits per heavy atom. The van der Waals surface area contributed by atoms with Gasteiger partial charge in [-0.1, -0.05) is 18.2 Å². The summed E-state index contributed by atoms with van der Waals surface area (Å²) in [6.07, 6.45) is 1.68. The predicted molar refractivity (Wildman–Crippen MR) is 61.2 cm³/mol. The van der Waals surface area contributed by atoms with Crippen LogP contribution < -0.4 is 0 Å². The second kappa shape index (κ2) is 3.28. The number of aliphatic hydroxyl groups is 1. The summed E-state index contributed by atoms with van der Waals surface area (Å²) >= 11 is 0. The molecule has 3 aromatic rings. The zero-order valence-corrected chi connectivity index (χ0v) is 8.88. The van der Waals surface area contributed by atoms with Crippen LogP contribution in [0.15, 0.2) is 30.6 Å². The Balaban J connectivity index is 2.62. The minimum atomic E-state index is 0.0219. The Hall–Kier alpha value is -1.94. The molecule has 0 aliphatic rings. The maximum Gasteiger partial charge on any atom is 0.161 e. The molecular formula is C12H11N3O. The number of fused-ring (bicyclic) bond motifs is 3. The van der Waals surface area contributed by atoms with E-state index >= 15 is 0 Å². The Morgan fingerprint density at radius 1 is 1.38 bits per heavy atom. The second-order valence-corrected chi connectivity index (χ2v) is 3.86. The quantitative estimate of drug-likeness (QED) is 0.669. The van der Waals surface area contributed by atoms with Gasteiger partial charge in [0, 0.05) is 10.9 Å². The van der Waals surface area contributed by atoms with Crippen molar-refractivity contribution in [2.24, 2.45) is 0 Å². The van der Waals surface area contributed by atoms with Crippen molar-refractivity contribution in [3.8, 4) is 0 Å². The molecule has 0 radical (unpaired) electrons. The minimum Gasteiger partial charge on any atom is -0.392 e. The lowest BCUT2D eigenvalue weighted by Crippen LogP contribution is -1.95. The first kappa shape index (κ1) is 9.30. The van der Waals surface area contributed by atoms with Crippen LogP contribution in [0.3, 0.4) is 0 Å². The number of benzene rings is 1. The topological polar surface area (TPSA) is 50.4 Å². The Morgan fingerprint density at radius 3 is 3.06 bits per heavy atom. The van der Waals surface area contributed by atoms with Crippen molar-refractivity contribution >= 4 is 16.6 Å². The van der Waals surface area contributed by atoms with Crippen molar-refractivity contribution in [1.82, 2.24) is 14.6 Å². The largest absolute Gasteiger partial charge is 0.392 e. The monoisotopic (exact) mass is 213 g/mol. The highest BCUT2D eigenvalue weighted by Gasteiger charge is 2.08. The molecule has 16 heavy (non-hydrogen) atoms. The van der Waals surface area contributed by atoms with E-state index in [9.17, 15) is 5.11 Å². The van der Waals surface area contributed by atoms with Gasteiger partial charge in [0.05, 0.1) is 12.1 Å². The fourth-order valence-corrected chi connectivity index (χ4v) is 2.11. The molecule has 0 aliphatic heterocycles. The highest BCUT2D eigenvalue weighted by molar-refractivity contribution is 5.87. The van der Waals surface area contributed by atoms with Gasteiger partial charge in [0.2, 0.25) is 0 Å². The molecule has 0 fully saturated rings. The van der Waals surface area contributed by atoms with Gasteiger partial charge in [-0.25, -0.2) is 0 Å². The molecule has 0 atom stereocenters. The van der Waals surface area contributed by atoms with E-state index in [0.29, 0.717) is 0 Å². The Labute approximate surface area is 92.2 Å². The first-order valence-corrected chi connectivity index (χ1v) is 5.13. The number of hydrogen-bond donors (Lipinski definition) is 1. The molecule has 0 unspecified atom stereocenters. The summed E-state index contributed by atoms with van der Waals surface area (Å²) in [6.45, 7) is 2.06. The molecule has 1 aromatic carbocycles. The molecule has 0 aliphatic carbocycles. The first-order chi connectivity index (χ1) is 7.81. The summed E-state index contributed by atoms with van der Waals surface area (Å²) in [6, 6.07) is 7.91. The van der Waals surface area contributed by atoms with E-state index in [0.717, 1.165) is 27.7 Å². The van der Waals surface area contributed by atoms with Crippen LogP contribution >= 0.6 is 0 Å². The summed E-state index contributed by atoms with van der Waals surface area (Å²) < 4.78 is 1.91. The summed E-state index contributed by atoms with van der Waals surface area (Å²) in [5, 5.41) is 18.4.